The quantitative estimate of drug-likeness (QED) is 0.0207. The van der Waals surface area contributed by atoms with Crippen LogP contribution < -0.4 is 56.8 Å². The fourth-order valence-electron chi connectivity index (χ4n) is 15.5. The molecule has 1 aliphatic rings. The summed E-state index contributed by atoms with van der Waals surface area (Å²) in [4.78, 5) is 70.5. The molecule has 139 heavy (non-hydrogen) atoms. The van der Waals surface area contributed by atoms with Crippen LogP contribution in [0.1, 0.15) is 140 Å². The molecule has 16 aromatic carbocycles. The third-order valence-corrected chi connectivity index (χ3v) is 22.8. The summed E-state index contributed by atoms with van der Waals surface area (Å²) >= 11 is 0. The van der Waals surface area contributed by atoms with Crippen LogP contribution in [0.3, 0.4) is 0 Å². The zero-order valence-corrected chi connectivity index (χ0v) is 74.7. The van der Waals surface area contributed by atoms with Crippen molar-refractivity contribution >= 4 is 35.8 Å². The van der Waals surface area contributed by atoms with E-state index in [0.29, 0.717) is 109 Å². The van der Waals surface area contributed by atoms with Crippen molar-refractivity contribution < 1.29 is 116 Å². The summed E-state index contributed by atoms with van der Waals surface area (Å²) in [7, 11) is 0. The highest BCUT2D eigenvalue weighted by atomic mass is 16.5. The summed E-state index contributed by atoms with van der Waals surface area (Å²) in [6.45, 7) is 1.22. The lowest BCUT2D eigenvalue weighted by Crippen LogP contribution is -2.03. The molecule has 0 fully saturated rings. The number of fused-ring (bicyclic) bond motifs is 3. The maximum Gasteiger partial charge on any atom is 0.335 e. The summed E-state index contributed by atoms with van der Waals surface area (Å²) in [5, 5.41) is 57.7. The number of carboxylic acids is 6. The van der Waals surface area contributed by atoms with Gasteiger partial charge in [-0.1, -0.05) is 170 Å². The molecule has 0 aliphatic heterocycles. The zero-order valence-electron chi connectivity index (χ0n) is 74.7. The van der Waals surface area contributed by atoms with Gasteiger partial charge in [0.15, 0.2) is 0 Å². The highest BCUT2D eigenvalue weighted by Gasteiger charge is 2.24. The number of carboxylic acid groups (broad SMARTS) is 6. The Bertz CT molecular complexity index is 6590. The molecule has 0 saturated heterocycles. The van der Waals surface area contributed by atoms with E-state index in [2.05, 4.69) is 36.4 Å². The second-order valence-electron chi connectivity index (χ2n) is 33.0. The average Bonchev–Trinajstić information content (AvgIpc) is 1.62. The minimum absolute atomic E-state index is 0.0159. The lowest BCUT2D eigenvalue weighted by molar-refractivity contribution is 0.0686. The number of benzene rings is 16. The van der Waals surface area contributed by atoms with Crippen LogP contribution in [0.2, 0.25) is 0 Å². The zero-order chi connectivity index (χ0) is 96.1. The van der Waals surface area contributed by atoms with Crippen molar-refractivity contribution in [3.05, 3.63) is 463 Å². The van der Waals surface area contributed by atoms with E-state index >= 15 is 0 Å². The van der Waals surface area contributed by atoms with Crippen LogP contribution >= 0.6 is 0 Å². The van der Waals surface area contributed by atoms with Gasteiger partial charge in [-0.25, -0.2) is 28.8 Å². The van der Waals surface area contributed by atoms with E-state index in [9.17, 15) is 59.4 Å². The van der Waals surface area contributed by atoms with E-state index in [1.54, 1.807) is 103 Å². The molecule has 0 amide bonds. The van der Waals surface area contributed by atoms with Gasteiger partial charge in [0, 0.05) is 36.4 Å². The van der Waals surface area contributed by atoms with E-state index in [0.717, 1.165) is 77.9 Å². The van der Waals surface area contributed by atoms with E-state index in [-0.39, 0.29) is 113 Å². The molecular weight excluding hydrogens is 1770 g/mol. The molecule has 0 unspecified atom stereocenters. The van der Waals surface area contributed by atoms with Crippen LogP contribution in [0, 0.1) is 0 Å². The topological polar surface area (TPSA) is 335 Å². The molecule has 0 aromatic heterocycles. The van der Waals surface area contributed by atoms with Gasteiger partial charge in [-0.05, 0) is 263 Å². The van der Waals surface area contributed by atoms with E-state index in [1.807, 2.05) is 140 Å². The Hall–Kier alpha value is -18.1. The normalized spacial score (nSPS) is 11.1. The van der Waals surface area contributed by atoms with Gasteiger partial charge in [-0.15, -0.1) is 0 Å². The molecule has 24 heteroatoms. The Kier molecular flexibility index (Phi) is 29.2. The van der Waals surface area contributed by atoms with Crippen LogP contribution in [0.15, 0.2) is 352 Å². The molecule has 1 aliphatic carbocycles. The molecule has 0 spiro atoms. The second-order valence-corrected chi connectivity index (χ2v) is 33.0. The fraction of sp³-hybridized carbons (Fsp3) is 0.113. The smallest absolute Gasteiger partial charge is 0.335 e. The third kappa shape index (κ3) is 25.5. The van der Waals surface area contributed by atoms with Crippen LogP contribution in [0.25, 0.3) is 33.4 Å². The van der Waals surface area contributed by atoms with E-state index in [1.165, 1.54) is 72.8 Å². The molecule has 6 N–H and O–H groups in total. The van der Waals surface area contributed by atoms with Crippen molar-refractivity contribution in [3.63, 3.8) is 0 Å². The Morgan fingerprint density at radius 2 is 0.331 bits per heavy atom. The largest absolute Gasteiger partial charge is 0.489 e. The van der Waals surface area contributed by atoms with Crippen molar-refractivity contribution in [2.45, 2.75) is 85.7 Å². The minimum atomic E-state index is -1.06. The first kappa shape index (κ1) is 92.8. The van der Waals surface area contributed by atoms with Crippen LogP contribution in [-0.4, -0.2) is 66.5 Å². The Morgan fingerprint density at radius 1 is 0.165 bits per heavy atom. The van der Waals surface area contributed by atoms with Gasteiger partial charge in [0.05, 0.1) is 33.4 Å². The summed E-state index contributed by atoms with van der Waals surface area (Å²) in [5.41, 5.74) is 17.2. The molecule has 0 atom stereocenters. The van der Waals surface area contributed by atoms with Gasteiger partial charge in [-0.2, -0.15) is 0 Å². The first-order valence-electron chi connectivity index (χ1n) is 44.3. The number of ether oxygens (including phenoxy) is 12. The molecule has 17 rings (SSSR count). The third-order valence-electron chi connectivity index (χ3n) is 22.8. The van der Waals surface area contributed by atoms with Gasteiger partial charge in [0.2, 0.25) is 0 Å². The SMILES string of the molecule is O=C(O)c1ccc(COc2cc(COc3cc(OCc4cc(OCc5ccccc5)cc(OCc5ccc(C(=O)O)cc5)c4)cc(-c4ccc5c(c4)Cc4cc(-c6cc(OCc7cc(OCc8ccc(C(=O)O)cc8)cc(OCc8ccc(C(=O)O)cc8)c7)cc(OCc7cc(OCc8ccc(C(=O)O)cc8)cc(OCc8ccc(C(=O)O)cc8)c7)c6)ccc4-5)c3)cc(OCc3ccccc3)c2)cc1. The molecule has 694 valence electrons. The maximum atomic E-state index is 11.8. The van der Waals surface area contributed by atoms with Crippen LogP contribution in [0.4, 0.5) is 0 Å². The van der Waals surface area contributed by atoms with Gasteiger partial charge in [0.25, 0.3) is 0 Å². The Labute approximate surface area is 798 Å². The molecule has 0 heterocycles. The lowest BCUT2D eigenvalue weighted by Gasteiger charge is -2.16. The lowest BCUT2D eigenvalue weighted by atomic mass is 9.97. The first-order chi connectivity index (χ1) is 67.6. The number of rotatable bonds is 44. The molecule has 24 nitrogen and oxygen atoms in total. The monoisotopic (exact) mass is 1850 g/mol. The number of hydrogen-bond acceptors (Lipinski definition) is 18. The highest BCUT2D eigenvalue weighted by molar-refractivity contribution is 5.91. The van der Waals surface area contributed by atoms with E-state index < -0.39 is 35.8 Å². The molecule has 0 radical (unpaired) electrons. The maximum absolute atomic E-state index is 11.8. The fourth-order valence-corrected chi connectivity index (χ4v) is 15.5. The first-order valence-corrected chi connectivity index (χ1v) is 44.3. The number of carbonyl (C=O) groups is 6. The van der Waals surface area contributed by atoms with Gasteiger partial charge in [-0.3, -0.25) is 0 Å². The van der Waals surface area contributed by atoms with Crippen molar-refractivity contribution in [2.24, 2.45) is 0 Å². The molecular formula is C115H90O24. The summed E-state index contributed by atoms with van der Waals surface area (Å²) < 4.78 is 78.4. The van der Waals surface area contributed by atoms with Crippen molar-refractivity contribution in [2.75, 3.05) is 0 Å². The Balaban J connectivity index is 0.685. The van der Waals surface area contributed by atoms with Crippen LogP contribution in [-0.2, 0) is 85.7 Å². The van der Waals surface area contributed by atoms with Crippen molar-refractivity contribution in [1.29, 1.82) is 0 Å². The van der Waals surface area contributed by atoms with Crippen molar-refractivity contribution in [3.8, 4) is 102 Å². The minimum Gasteiger partial charge on any atom is -0.489 e. The average molecular weight is 1860 g/mol. The van der Waals surface area contributed by atoms with Gasteiger partial charge < -0.3 is 87.5 Å². The number of aromatic carboxylic acids is 6. The summed E-state index contributed by atoms with van der Waals surface area (Å²) in [6.07, 6.45) is 0.543. The van der Waals surface area contributed by atoms with Gasteiger partial charge >= 0.3 is 35.8 Å². The predicted molar refractivity (Wildman–Crippen MR) is 517 cm³/mol. The standard InChI is InChI=1S/C115H90O24/c116-110(117)84-23-11-74(12-24-84)62-130-98-41-80(39-96(54-98)128-60-72-7-3-1-4-8-72)68-136-104-50-92(51-105(58-104)137-69-81-40-97(129-61-73-9-5-2-6-10-73)55-99(42-81)131-63-75-13-25-85(26-14-75)111(118)119)90-35-37-108-94(47-90)49-95-48-91(36-38-109(95)108)93-52-106(138-70-82-43-100(132-64-76-15-27-86(28-16-76)112(120)121)56-101(44-82)133-65-77-17-29-87(30-18-77)113(122)123)59-107(53-93)139-71-83-45-102(134-66-78-19-31-88(32-20-78)114(124)125)57-103(46-83)135-67-79-21-33-89(34-22-79)115(126)127/h1-48,50-59H,49,60-71H2,(H,116,117)(H,118,119)(H,120,121)(H,122,123)(H,124,125)(H,126,127). The summed E-state index contributed by atoms with van der Waals surface area (Å²) in [6, 6.07) is 104. The molecule has 16 aromatic rings. The molecule has 0 saturated carbocycles. The predicted octanol–water partition coefficient (Wildman–Crippen LogP) is 23.7. The van der Waals surface area contributed by atoms with Crippen molar-refractivity contribution in [1.82, 2.24) is 0 Å². The highest BCUT2D eigenvalue weighted by Crippen LogP contribution is 2.44. The van der Waals surface area contributed by atoms with Gasteiger partial charge in [0.1, 0.15) is 148 Å². The summed E-state index contributed by atoms with van der Waals surface area (Å²) in [5.74, 6) is -0.809. The van der Waals surface area contributed by atoms with Crippen LogP contribution in [0.5, 0.6) is 69.0 Å². The Morgan fingerprint density at radius 3 is 0.511 bits per heavy atom. The van der Waals surface area contributed by atoms with E-state index in [4.69, 9.17) is 56.8 Å². The molecule has 0 bridgehead atoms. The number of hydrogen-bond donors (Lipinski definition) is 6. The second kappa shape index (κ2) is 43.7.